The molecule has 1 amide bonds. The van der Waals surface area contributed by atoms with Crippen LogP contribution in [0.3, 0.4) is 0 Å². The number of nitrogens with one attached hydrogen (secondary N) is 2. The van der Waals surface area contributed by atoms with Crippen molar-refractivity contribution in [2.45, 2.75) is 20.5 Å². The Labute approximate surface area is 232 Å². The van der Waals surface area contributed by atoms with Crippen molar-refractivity contribution in [2.75, 3.05) is 5.32 Å². The van der Waals surface area contributed by atoms with Gasteiger partial charge in [0.1, 0.15) is 12.4 Å². The number of aryl methyl sites for hydroxylation is 2. The second-order valence-corrected chi connectivity index (χ2v) is 10.0. The first kappa shape index (κ1) is 25.9. The van der Waals surface area contributed by atoms with Crippen LogP contribution in [-0.4, -0.2) is 17.1 Å². The fourth-order valence-corrected chi connectivity index (χ4v) is 4.49. The third-order valence-corrected chi connectivity index (χ3v) is 6.79. The lowest BCUT2D eigenvalue weighted by molar-refractivity contribution is 0.0955. The minimum atomic E-state index is -0.282. The first-order chi connectivity index (χ1) is 19.0. The Morgan fingerprint density at radius 1 is 0.872 bits per heavy atom. The van der Waals surface area contributed by atoms with Gasteiger partial charge in [-0.3, -0.25) is 4.79 Å². The molecule has 0 radical (unpaired) electrons. The molecule has 0 unspecified atom stereocenters. The molecule has 4 aromatic carbocycles. The third-order valence-electron chi connectivity index (χ3n) is 6.04. The quantitative estimate of drug-likeness (QED) is 0.152. The van der Waals surface area contributed by atoms with Crippen LogP contribution in [0.5, 0.6) is 5.75 Å². The number of benzene rings is 4. The molecule has 0 aliphatic heterocycles. The van der Waals surface area contributed by atoms with Crippen molar-refractivity contribution in [2.24, 2.45) is 5.10 Å². The van der Waals surface area contributed by atoms with Gasteiger partial charge in [-0.2, -0.15) is 5.10 Å². The summed E-state index contributed by atoms with van der Waals surface area (Å²) in [5, 5.41) is 10.2. The fourth-order valence-electron chi connectivity index (χ4n) is 3.75. The molecule has 194 valence electrons. The first-order valence-electron chi connectivity index (χ1n) is 12.5. The molecule has 0 bridgehead atoms. The van der Waals surface area contributed by atoms with Gasteiger partial charge in [0.15, 0.2) is 5.13 Å². The van der Waals surface area contributed by atoms with Gasteiger partial charge in [-0.15, -0.1) is 11.3 Å². The highest BCUT2D eigenvalue weighted by Crippen LogP contribution is 2.27. The molecule has 6 nitrogen and oxygen atoms in total. The topological polar surface area (TPSA) is 75.6 Å². The van der Waals surface area contributed by atoms with Crippen LogP contribution in [-0.2, 0) is 6.61 Å². The highest BCUT2D eigenvalue weighted by Gasteiger charge is 2.08. The lowest BCUT2D eigenvalue weighted by Gasteiger charge is -2.07. The summed E-state index contributed by atoms with van der Waals surface area (Å²) in [7, 11) is 0. The smallest absolute Gasteiger partial charge is 0.271 e. The van der Waals surface area contributed by atoms with Crippen molar-refractivity contribution in [3.8, 4) is 17.0 Å². The Bertz CT molecular complexity index is 1560. The van der Waals surface area contributed by atoms with Gasteiger partial charge in [-0.1, -0.05) is 59.7 Å². The summed E-state index contributed by atoms with van der Waals surface area (Å²) < 4.78 is 5.84. The molecule has 39 heavy (non-hydrogen) atoms. The van der Waals surface area contributed by atoms with Gasteiger partial charge in [0.25, 0.3) is 5.91 Å². The van der Waals surface area contributed by atoms with E-state index >= 15 is 0 Å². The van der Waals surface area contributed by atoms with E-state index in [0.29, 0.717) is 12.2 Å². The number of aromatic nitrogens is 1. The number of amides is 1. The SMILES string of the molecule is Cc1ccc(COc2ccc(/C=N\NC(=O)c3ccc(-c4csc(Nc5ccc(C)cc5)n4)cc3)cc2)cc1. The van der Waals surface area contributed by atoms with E-state index < -0.39 is 0 Å². The minimum absolute atomic E-state index is 0.282. The summed E-state index contributed by atoms with van der Waals surface area (Å²) >= 11 is 1.54. The third kappa shape index (κ3) is 7.18. The number of thiazole rings is 1. The molecular formula is C32H28N4O2S. The van der Waals surface area contributed by atoms with Crippen LogP contribution in [0.25, 0.3) is 11.3 Å². The maximum absolute atomic E-state index is 12.5. The van der Waals surface area contributed by atoms with Crippen LogP contribution in [0.4, 0.5) is 10.8 Å². The molecule has 5 aromatic rings. The predicted molar refractivity (Wildman–Crippen MR) is 159 cm³/mol. The zero-order valence-electron chi connectivity index (χ0n) is 21.7. The predicted octanol–water partition coefficient (Wildman–Crippen LogP) is 7.51. The zero-order valence-corrected chi connectivity index (χ0v) is 22.5. The van der Waals surface area contributed by atoms with E-state index in [9.17, 15) is 4.79 Å². The lowest BCUT2D eigenvalue weighted by atomic mass is 10.1. The number of hydrazone groups is 1. The van der Waals surface area contributed by atoms with Gasteiger partial charge >= 0.3 is 0 Å². The number of carbonyl (C=O) groups excluding carboxylic acids is 1. The molecule has 0 spiro atoms. The molecule has 0 saturated heterocycles. The van der Waals surface area contributed by atoms with Gasteiger partial charge in [-0.05, 0) is 73.5 Å². The Morgan fingerprint density at radius 2 is 1.54 bits per heavy atom. The average molecular weight is 533 g/mol. The number of anilines is 2. The molecule has 0 saturated carbocycles. The molecule has 2 N–H and O–H groups in total. The van der Waals surface area contributed by atoms with E-state index in [4.69, 9.17) is 4.74 Å². The van der Waals surface area contributed by atoms with Gasteiger partial charge in [-0.25, -0.2) is 10.4 Å². The van der Waals surface area contributed by atoms with Crippen molar-refractivity contribution in [3.05, 3.63) is 130 Å². The van der Waals surface area contributed by atoms with Crippen molar-refractivity contribution in [3.63, 3.8) is 0 Å². The summed E-state index contributed by atoms with van der Waals surface area (Å²) in [4.78, 5) is 17.2. The lowest BCUT2D eigenvalue weighted by Crippen LogP contribution is -2.17. The molecule has 0 aliphatic carbocycles. The second kappa shape index (κ2) is 12.2. The van der Waals surface area contributed by atoms with Gasteiger partial charge in [0, 0.05) is 22.2 Å². The van der Waals surface area contributed by atoms with Crippen LogP contribution in [0.1, 0.15) is 32.6 Å². The van der Waals surface area contributed by atoms with Crippen LogP contribution in [0.2, 0.25) is 0 Å². The molecule has 5 rings (SSSR count). The van der Waals surface area contributed by atoms with E-state index in [1.807, 2.05) is 53.9 Å². The number of rotatable bonds is 9. The Kier molecular flexibility index (Phi) is 8.09. The Hall–Kier alpha value is -4.75. The second-order valence-electron chi connectivity index (χ2n) is 9.15. The van der Waals surface area contributed by atoms with E-state index in [1.165, 1.54) is 22.5 Å². The average Bonchev–Trinajstić information content (AvgIpc) is 3.43. The zero-order chi connectivity index (χ0) is 27.0. The van der Waals surface area contributed by atoms with Crippen molar-refractivity contribution < 1.29 is 9.53 Å². The monoisotopic (exact) mass is 532 g/mol. The Balaban J connectivity index is 1.11. The first-order valence-corrected chi connectivity index (χ1v) is 13.4. The normalized spacial score (nSPS) is 10.9. The Morgan fingerprint density at radius 3 is 2.23 bits per heavy atom. The summed E-state index contributed by atoms with van der Waals surface area (Å²) in [6.07, 6.45) is 1.61. The summed E-state index contributed by atoms with van der Waals surface area (Å²) in [6, 6.07) is 31.3. The molecule has 7 heteroatoms. The summed E-state index contributed by atoms with van der Waals surface area (Å²) in [5.41, 5.74) is 10.3. The van der Waals surface area contributed by atoms with E-state index in [0.717, 1.165) is 39.0 Å². The number of hydrogen-bond donors (Lipinski definition) is 2. The van der Waals surface area contributed by atoms with Crippen LogP contribution in [0.15, 0.2) is 108 Å². The molecule has 0 atom stereocenters. The van der Waals surface area contributed by atoms with Crippen molar-refractivity contribution >= 4 is 34.3 Å². The van der Waals surface area contributed by atoms with Gasteiger partial charge < -0.3 is 10.1 Å². The number of nitrogens with zero attached hydrogens (tertiary/aromatic N) is 2. The van der Waals surface area contributed by atoms with Crippen molar-refractivity contribution in [1.29, 1.82) is 0 Å². The standard InChI is InChI=1S/C32H28N4O2S/c1-22-3-7-25(8-4-22)20-38-29-17-9-24(10-18-29)19-33-36-31(37)27-13-11-26(12-14-27)30-21-39-32(35-30)34-28-15-5-23(2)6-16-28/h3-19,21H,20H2,1-2H3,(H,34,35)(H,36,37)/b33-19-. The highest BCUT2D eigenvalue weighted by molar-refractivity contribution is 7.14. The number of hydrogen-bond acceptors (Lipinski definition) is 6. The van der Waals surface area contributed by atoms with E-state index in [1.54, 1.807) is 18.3 Å². The highest BCUT2D eigenvalue weighted by atomic mass is 32.1. The molecule has 1 aromatic heterocycles. The van der Waals surface area contributed by atoms with Gasteiger partial charge in [0.05, 0.1) is 11.9 Å². The number of ether oxygens (including phenoxy) is 1. The van der Waals surface area contributed by atoms with Crippen molar-refractivity contribution in [1.82, 2.24) is 10.4 Å². The van der Waals surface area contributed by atoms with Crippen LogP contribution >= 0.6 is 11.3 Å². The van der Waals surface area contributed by atoms with E-state index in [-0.39, 0.29) is 5.91 Å². The summed E-state index contributed by atoms with van der Waals surface area (Å²) in [6.45, 7) is 4.63. The molecule has 0 fully saturated rings. The molecule has 1 heterocycles. The largest absolute Gasteiger partial charge is 0.489 e. The molecular weight excluding hydrogens is 504 g/mol. The van der Waals surface area contributed by atoms with E-state index in [2.05, 4.69) is 71.1 Å². The fraction of sp³-hybridized carbons (Fsp3) is 0.0938. The van der Waals surface area contributed by atoms with Gasteiger partial charge in [0.2, 0.25) is 0 Å². The molecule has 0 aliphatic rings. The minimum Gasteiger partial charge on any atom is -0.489 e. The maximum atomic E-state index is 12.5. The van der Waals surface area contributed by atoms with Crippen LogP contribution < -0.4 is 15.5 Å². The number of carbonyl (C=O) groups is 1. The maximum Gasteiger partial charge on any atom is 0.271 e. The van der Waals surface area contributed by atoms with Crippen LogP contribution in [0, 0.1) is 13.8 Å². The summed E-state index contributed by atoms with van der Waals surface area (Å²) in [5.74, 6) is 0.492.